The highest BCUT2D eigenvalue weighted by Crippen LogP contribution is 2.24. The zero-order valence-electron chi connectivity index (χ0n) is 12.5. The van der Waals surface area contributed by atoms with Crippen LogP contribution in [0.25, 0.3) is 0 Å². The van der Waals surface area contributed by atoms with Crippen LogP contribution in [0.2, 0.25) is 0 Å². The number of aryl methyl sites for hydroxylation is 1. The Hall–Kier alpha value is -2.48. The van der Waals surface area contributed by atoms with Gasteiger partial charge in [0.15, 0.2) is 5.82 Å². The molecule has 1 aliphatic heterocycles. The zero-order valence-corrected chi connectivity index (χ0v) is 12.5. The Morgan fingerprint density at radius 3 is 3.09 bits per heavy atom. The minimum atomic E-state index is -0.309. The van der Waals surface area contributed by atoms with Crippen molar-refractivity contribution in [2.75, 3.05) is 32.1 Å². The van der Waals surface area contributed by atoms with Gasteiger partial charge in [0.1, 0.15) is 17.6 Å². The third-order valence-corrected chi connectivity index (χ3v) is 3.54. The lowest BCUT2D eigenvalue weighted by Crippen LogP contribution is -2.44. The molecular weight excluding hydrogens is 284 g/mol. The molecule has 1 aliphatic rings. The van der Waals surface area contributed by atoms with Crippen LogP contribution in [0.3, 0.4) is 0 Å². The number of aromatic amines is 1. The maximum absolute atomic E-state index is 12.6. The average Bonchev–Trinajstić information content (AvgIpc) is 3.08. The number of morpholine rings is 1. The van der Waals surface area contributed by atoms with E-state index in [1.54, 1.807) is 11.9 Å². The molecule has 0 radical (unpaired) electrons. The third kappa shape index (κ3) is 2.77. The molecule has 0 unspecified atom stereocenters. The number of nitrogens with zero attached hydrogens (tertiary/aromatic N) is 4. The van der Waals surface area contributed by atoms with E-state index in [-0.39, 0.29) is 11.9 Å². The van der Waals surface area contributed by atoms with Crippen molar-refractivity contribution in [3.63, 3.8) is 0 Å². The van der Waals surface area contributed by atoms with Crippen LogP contribution in [-0.2, 0) is 4.74 Å². The van der Waals surface area contributed by atoms with Crippen molar-refractivity contribution < 1.29 is 9.53 Å². The van der Waals surface area contributed by atoms with Crippen LogP contribution in [0.4, 0.5) is 5.82 Å². The molecule has 0 bridgehead atoms. The summed E-state index contributed by atoms with van der Waals surface area (Å²) < 4.78 is 5.53. The number of aromatic nitrogens is 4. The van der Waals surface area contributed by atoms with Crippen LogP contribution in [-0.4, -0.2) is 57.5 Å². The summed E-state index contributed by atoms with van der Waals surface area (Å²) in [5, 5.41) is 3.01. The molecular formula is C14H18N6O2. The smallest absolute Gasteiger partial charge is 0.272 e. The third-order valence-electron chi connectivity index (χ3n) is 3.54. The van der Waals surface area contributed by atoms with Crippen LogP contribution in [0.1, 0.15) is 28.0 Å². The molecule has 116 valence electrons. The van der Waals surface area contributed by atoms with Gasteiger partial charge < -0.3 is 19.9 Å². The summed E-state index contributed by atoms with van der Waals surface area (Å²) in [6, 6.07) is 1.55. The Morgan fingerprint density at radius 2 is 2.36 bits per heavy atom. The summed E-state index contributed by atoms with van der Waals surface area (Å²) in [6.07, 6.45) is 3.01. The first-order chi connectivity index (χ1) is 10.7. The molecule has 2 aromatic rings. The summed E-state index contributed by atoms with van der Waals surface area (Å²) in [7, 11) is 1.80. The Kier molecular flexibility index (Phi) is 4.01. The van der Waals surface area contributed by atoms with Crippen LogP contribution in [0.5, 0.6) is 0 Å². The van der Waals surface area contributed by atoms with Gasteiger partial charge in [-0.15, -0.1) is 0 Å². The van der Waals surface area contributed by atoms with Crippen molar-refractivity contribution in [3.8, 4) is 0 Å². The first-order valence-corrected chi connectivity index (χ1v) is 7.09. The zero-order chi connectivity index (χ0) is 15.5. The molecule has 0 aliphatic carbocycles. The van der Waals surface area contributed by atoms with E-state index in [0.29, 0.717) is 31.3 Å². The second-order valence-corrected chi connectivity index (χ2v) is 5.06. The Bertz CT molecular complexity index is 657. The standard InChI is InChI=1S/C14H18N6O2/c1-9-5-12(15-2)19-13(18-9)11-7-22-4-3-20(11)14(21)10-6-16-8-17-10/h5-6,8,11H,3-4,7H2,1-2H3,(H,16,17)(H,15,18,19)/t11-/m1/s1. The predicted molar refractivity (Wildman–Crippen MR) is 79.5 cm³/mol. The van der Waals surface area contributed by atoms with E-state index in [2.05, 4.69) is 25.3 Å². The highest BCUT2D eigenvalue weighted by atomic mass is 16.5. The molecule has 3 rings (SSSR count). The van der Waals surface area contributed by atoms with Crippen LogP contribution in [0, 0.1) is 6.92 Å². The lowest BCUT2D eigenvalue weighted by atomic mass is 10.2. The van der Waals surface area contributed by atoms with Gasteiger partial charge in [0.2, 0.25) is 0 Å². The highest BCUT2D eigenvalue weighted by Gasteiger charge is 2.32. The maximum Gasteiger partial charge on any atom is 0.272 e. The van der Waals surface area contributed by atoms with Gasteiger partial charge in [-0.05, 0) is 6.92 Å². The van der Waals surface area contributed by atoms with Crippen molar-refractivity contribution in [1.29, 1.82) is 0 Å². The van der Waals surface area contributed by atoms with Gasteiger partial charge in [0.25, 0.3) is 5.91 Å². The number of anilines is 1. The highest BCUT2D eigenvalue weighted by molar-refractivity contribution is 5.92. The molecule has 1 amide bonds. The summed E-state index contributed by atoms with van der Waals surface area (Å²) in [5.41, 5.74) is 1.29. The van der Waals surface area contributed by atoms with Gasteiger partial charge in [-0.1, -0.05) is 0 Å². The number of carbonyl (C=O) groups is 1. The molecule has 1 saturated heterocycles. The van der Waals surface area contributed by atoms with Crippen LogP contribution >= 0.6 is 0 Å². The summed E-state index contributed by atoms with van der Waals surface area (Å²) >= 11 is 0. The van der Waals surface area contributed by atoms with E-state index < -0.39 is 0 Å². The quantitative estimate of drug-likeness (QED) is 0.869. The minimum absolute atomic E-state index is 0.123. The van der Waals surface area contributed by atoms with E-state index in [1.165, 1.54) is 12.5 Å². The van der Waals surface area contributed by atoms with Crippen LogP contribution < -0.4 is 5.32 Å². The number of hydrogen-bond donors (Lipinski definition) is 2. The number of carbonyl (C=O) groups excluding carboxylic acids is 1. The largest absolute Gasteiger partial charge is 0.377 e. The number of H-pyrrole nitrogens is 1. The first kappa shape index (κ1) is 14.5. The number of hydrogen-bond acceptors (Lipinski definition) is 6. The monoisotopic (exact) mass is 302 g/mol. The Balaban J connectivity index is 1.93. The maximum atomic E-state index is 12.6. The van der Waals surface area contributed by atoms with E-state index in [9.17, 15) is 4.79 Å². The predicted octanol–water partition coefficient (Wildman–Crippen LogP) is 0.764. The topological polar surface area (TPSA) is 96.0 Å². The van der Waals surface area contributed by atoms with Gasteiger partial charge in [-0.3, -0.25) is 4.79 Å². The van der Waals surface area contributed by atoms with Crippen molar-refractivity contribution in [3.05, 3.63) is 35.8 Å². The first-order valence-electron chi connectivity index (χ1n) is 7.09. The average molecular weight is 302 g/mol. The minimum Gasteiger partial charge on any atom is -0.377 e. The fourth-order valence-corrected chi connectivity index (χ4v) is 2.46. The lowest BCUT2D eigenvalue weighted by Gasteiger charge is -2.34. The van der Waals surface area contributed by atoms with E-state index in [4.69, 9.17) is 4.74 Å². The van der Waals surface area contributed by atoms with Crippen molar-refractivity contribution in [2.24, 2.45) is 0 Å². The molecule has 1 atom stereocenters. The molecule has 0 saturated carbocycles. The molecule has 8 nitrogen and oxygen atoms in total. The van der Waals surface area contributed by atoms with Crippen molar-refractivity contribution >= 4 is 11.7 Å². The van der Waals surface area contributed by atoms with Gasteiger partial charge in [-0.25, -0.2) is 15.0 Å². The molecule has 22 heavy (non-hydrogen) atoms. The SMILES string of the molecule is CNc1cc(C)nc([C@H]2COCCN2C(=O)c2cnc[nH]2)n1. The summed E-state index contributed by atoms with van der Waals surface area (Å²) in [6.45, 7) is 3.28. The van der Waals surface area contributed by atoms with E-state index in [1.807, 2.05) is 13.0 Å². The number of rotatable bonds is 3. The molecule has 8 heteroatoms. The fraction of sp³-hybridized carbons (Fsp3) is 0.429. The molecule has 0 spiro atoms. The second-order valence-electron chi connectivity index (χ2n) is 5.06. The lowest BCUT2D eigenvalue weighted by molar-refractivity contribution is -0.00550. The van der Waals surface area contributed by atoms with Crippen LogP contribution in [0.15, 0.2) is 18.6 Å². The molecule has 0 aromatic carbocycles. The molecule has 2 N–H and O–H groups in total. The number of imidazole rings is 1. The van der Waals surface area contributed by atoms with Gasteiger partial charge in [0, 0.05) is 25.4 Å². The van der Waals surface area contributed by atoms with Gasteiger partial charge in [0.05, 0.1) is 25.7 Å². The Labute approximate surface area is 127 Å². The van der Waals surface area contributed by atoms with Crippen molar-refractivity contribution in [1.82, 2.24) is 24.8 Å². The second kappa shape index (κ2) is 6.10. The van der Waals surface area contributed by atoms with E-state index >= 15 is 0 Å². The molecule has 2 aromatic heterocycles. The molecule has 1 fully saturated rings. The van der Waals surface area contributed by atoms with Crippen molar-refractivity contribution in [2.45, 2.75) is 13.0 Å². The Morgan fingerprint density at radius 1 is 1.50 bits per heavy atom. The number of amides is 1. The molecule has 3 heterocycles. The fourth-order valence-electron chi connectivity index (χ4n) is 2.46. The van der Waals surface area contributed by atoms with Gasteiger partial charge >= 0.3 is 0 Å². The normalized spacial score (nSPS) is 18.3. The number of nitrogens with one attached hydrogen (secondary N) is 2. The van der Waals surface area contributed by atoms with Gasteiger partial charge in [-0.2, -0.15) is 0 Å². The number of ether oxygens (including phenoxy) is 1. The summed E-state index contributed by atoms with van der Waals surface area (Å²) in [4.78, 5) is 30.0. The van der Waals surface area contributed by atoms with E-state index in [0.717, 1.165) is 11.5 Å². The summed E-state index contributed by atoms with van der Waals surface area (Å²) in [5.74, 6) is 1.18.